The normalized spacial score (nSPS) is 14.0. The Labute approximate surface area is 317 Å². The molecule has 1 unspecified atom stereocenters. The minimum Gasteiger partial charge on any atom is -0.311 e. The van der Waals surface area contributed by atoms with Gasteiger partial charge in [-0.3, -0.25) is 0 Å². The van der Waals surface area contributed by atoms with E-state index in [0.717, 1.165) is 11.4 Å². The lowest BCUT2D eigenvalue weighted by Crippen LogP contribution is -2.11. The highest BCUT2D eigenvalue weighted by Gasteiger charge is 2.19. The van der Waals surface area contributed by atoms with E-state index < -0.39 is 0 Å². The van der Waals surface area contributed by atoms with Crippen molar-refractivity contribution in [1.29, 1.82) is 0 Å². The Bertz CT molecular complexity index is 2430. The largest absolute Gasteiger partial charge is 0.311 e. The molecule has 0 amide bonds. The molecule has 0 radical (unpaired) electrons. The van der Waals surface area contributed by atoms with Gasteiger partial charge in [0.25, 0.3) is 0 Å². The first-order chi connectivity index (χ1) is 26.2. The molecule has 0 N–H and O–H groups in total. The highest BCUT2D eigenvalue weighted by atomic mass is 32.1. The highest BCUT2D eigenvalue weighted by molar-refractivity contribution is 7.25. The molecule has 3 heteroatoms. The van der Waals surface area contributed by atoms with E-state index in [0.29, 0.717) is 5.92 Å². The summed E-state index contributed by atoms with van der Waals surface area (Å²) in [4.78, 5) is 4.75. The number of hydrogen-bond acceptors (Lipinski definition) is 3. The summed E-state index contributed by atoms with van der Waals surface area (Å²) >= 11 is 1.86. The van der Waals surface area contributed by atoms with E-state index >= 15 is 0 Å². The van der Waals surface area contributed by atoms with Crippen LogP contribution in [0.3, 0.4) is 0 Å². The maximum absolute atomic E-state index is 2.38. The fraction of sp³-hybridized carbons (Fsp3) is 0.160. The second-order valence-corrected chi connectivity index (χ2v) is 15.5. The summed E-state index contributed by atoms with van der Waals surface area (Å²) in [5.41, 5.74) is 11.1. The smallest absolute Gasteiger partial charge is 0.0476 e. The van der Waals surface area contributed by atoms with Gasteiger partial charge in [0.2, 0.25) is 0 Å². The van der Waals surface area contributed by atoms with Crippen LogP contribution in [0, 0.1) is 0 Å². The van der Waals surface area contributed by atoms with E-state index in [1.807, 2.05) is 11.3 Å². The van der Waals surface area contributed by atoms with Crippen LogP contribution in [-0.4, -0.2) is 0 Å². The number of benzene rings is 7. The Morgan fingerprint density at radius 3 is 1.47 bits per heavy atom. The van der Waals surface area contributed by atoms with Crippen LogP contribution in [0.25, 0.3) is 20.2 Å². The van der Waals surface area contributed by atoms with Gasteiger partial charge in [0.05, 0.1) is 0 Å². The van der Waals surface area contributed by atoms with Gasteiger partial charge >= 0.3 is 0 Å². The minimum absolute atomic E-state index is 0.248. The lowest BCUT2D eigenvalue weighted by Gasteiger charge is -2.27. The SMILES string of the molecule is CC(c1ccc(N(c2ccccc2)c2ccc(C3CCCCC3)cc2)cc1)c1ccc(N(c2ccccc2)c2ccc3c(c2)sc2ccccc23)cc1. The molecule has 1 aliphatic rings. The zero-order chi connectivity index (χ0) is 35.6. The highest BCUT2D eigenvalue weighted by Crippen LogP contribution is 2.42. The molecule has 1 saturated carbocycles. The molecular weight excluding hydrogens is 661 g/mol. The Morgan fingerprint density at radius 1 is 0.434 bits per heavy atom. The van der Waals surface area contributed by atoms with Crippen molar-refractivity contribution >= 4 is 65.6 Å². The molecule has 1 fully saturated rings. The number of para-hydroxylation sites is 2. The monoisotopic (exact) mass is 704 g/mol. The first-order valence-electron chi connectivity index (χ1n) is 19.1. The van der Waals surface area contributed by atoms with Crippen LogP contribution in [0.5, 0.6) is 0 Å². The van der Waals surface area contributed by atoms with Gasteiger partial charge in [-0.2, -0.15) is 0 Å². The van der Waals surface area contributed by atoms with Crippen LogP contribution in [0.2, 0.25) is 0 Å². The van der Waals surface area contributed by atoms with E-state index in [4.69, 9.17) is 0 Å². The molecule has 0 saturated heterocycles. The predicted molar refractivity (Wildman–Crippen MR) is 228 cm³/mol. The molecule has 0 spiro atoms. The Kier molecular flexibility index (Phi) is 9.26. The van der Waals surface area contributed by atoms with Crippen molar-refractivity contribution in [3.8, 4) is 0 Å². The summed E-state index contributed by atoms with van der Waals surface area (Å²) < 4.78 is 2.63. The van der Waals surface area contributed by atoms with Crippen molar-refractivity contribution in [2.75, 3.05) is 9.80 Å². The number of anilines is 6. The number of hydrogen-bond donors (Lipinski definition) is 0. The van der Waals surface area contributed by atoms with E-state index in [2.05, 4.69) is 193 Å². The maximum atomic E-state index is 2.38. The second-order valence-electron chi connectivity index (χ2n) is 14.5. The molecule has 53 heavy (non-hydrogen) atoms. The second kappa shape index (κ2) is 14.8. The lowest BCUT2D eigenvalue weighted by atomic mass is 9.84. The van der Waals surface area contributed by atoms with Gasteiger partial charge in [-0.15, -0.1) is 11.3 Å². The summed E-state index contributed by atoms with van der Waals surface area (Å²) in [5.74, 6) is 0.953. The summed E-state index contributed by atoms with van der Waals surface area (Å²) in [5, 5.41) is 2.64. The number of rotatable bonds is 9. The fourth-order valence-corrected chi connectivity index (χ4v) is 9.39. The van der Waals surface area contributed by atoms with Gasteiger partial charge in [-0.25, -0.2) is 0 Å². The average Bonchev–Trinajstić information content (AvgIpc) is 3.61. The Balaban J connectivity index is 0.987. The zero-order valence-electron chi connectivity index (χ0n) is 30.2. The molecule has 1 atom stereocenters. The number of nitrogens with zero attached hydrogens (tertiary/aromatic N) is 2. The Morgan fingerprint density at radius 2 is 0.887 bits per heavy atom. The van der Waals surface area contributed by atoms with Crippen molar-refractivity contribution in [2.45, 2.75) is 50.9 Å². The standard InChI is InChI=1S/C50H44N2S/c1-36(37-21-27-43(28-22-37)51(41-15-7-3-8-16-41)44-31-25-40(26-32-44)39-13-5-2-6-14-39)38-23-29-45(30-24-38)52(42-17-9-4-10-18-42)46-33-34-48-47-19-11-12-20-49(47)53-50(48)35-46/h3-4,7-12,15-36,39H,2,5-6,13-14H2,1H3. The molecule has 2 nitrogen and oxygen atoms in total. The fourth-order valence-electron chi connectivity index (χ4n) is 8.25. The van der Waals surface area contributed by atoms with Crippen molar-refractivity contribution in [3.05, 3.63) is 193 Å². The van der Waals surface area contributed by atoms with Crippen LogP contribution in [0.1, 0.15) is 67.6 Å². The van der Waals surface area contributed by atoms with E-state index in [9.17, 15) is 0 Å². The summed E-state index contributed by atoms with van der Waals surface area (Å²) in [6, 6.07) is 64.7. The minimum atomic E-state index is 0.248. The molecule has 1 aliphatic carbocycles. The summed E-state index contributed by atoms with van der Waals surface area (Å²) in [7, 11) is 0. The van der Waals surface area contributed by atoms with E-state index in [1.54, 1.807) is 0 Å². The van der Waals surface area contributed by atoms with Crippen LogP contribution >= 0.6 is 11.3 Å². The van der Waals surface area contributed by atoms with Gasteiger partial charge in [0.15, 0.2) is 0 Å². The topological polar surface area (TPSA) is 6.48 Å². The predicted octanol–water partition coefficient (Wildman–Crippen LogP) is 15.2. The van der Waals surface area contributed by atoms with Gasteiger partial charge in [0.1, 0.15) is 0 Å². The van der Waals surface area contributed by atoms with Crippen LogP contribution < -0.4 is 9.80 Å². The van der Waals surface area contributed by atoms with Crippen LogP contribution in [0.15, 0.2) is 176 Å². The molecular formula is C50H44N2S. The third-order valence-electron chi connectivity index (χ3n) is 11.2. The van der Waals surface area contributed by atoms with Crippen LogP contribution in [0.4, 0.5) is 34.1 Å². The molecule has 1 heterocycles. The van der Waals surface area contributed by atoms with Gasteiger partial charge in [-0.05, 0) is 114 Å². The molecule has 0 bridgehead atoms. The average molecular weight is 705 g/mol. The van der Waals surface area contributed by atoms with Crippen molar-refractivity contribution in [1.82, 2.24) is 0 Å². The zero-order valence-corrected chi connectivity index (χ0v) is 31.1. The van der Waals surface area contributed by atoms with E-state index in [-0.39, 0.29) is 5.92 Å². The van der Waals surface area contributed by atoms with Crippen molar-refractivity contribution in [3.63, 3.8) is 0 Å². The molecule has 9 rings (SSSR count). The van der Waals surface area contributed by atoms with Gasteiger partial charge in [0, 0.05) is 60.2 Å². The molecule has 8 aromatic rings. The first-order valence-corrected chi connectivity index (χ1v) is 19.9. The quantitative estimate of drug-likeness (QED) is 0.148. The van der Waals surface area contributed by atoms with Crippen molar-refractivity contribution < 1.29 is 0 Å². The third-order valence-corrected chi connectivity index (χ3v) is 12.3. The molecule has 0 aliphatic heterocycles. The van der Waals surface area contributed by atoms with E-state index in [1.165, 1.54) is 91.7 Å². The molecule has 7 aromatic carbocycles. The summed E-state index contributed by atoms with van der Waals surface area (Å²) in [6.07, 6.45) is 6.73. The number of fused-ring (bicyclic) bond motifs is 3. The third kappa shape index (κ3) is 6.74. The Hall–Kier alpha value is -5.64. The maximum Gasteiger partial charge on any atom is 0.0476 e. The van der Waals surface area contributed by atoms with Gasteiger partial charge < -0.3 is 9.80 Å². The van der Waals surface area contributed by atoms with Crippen molar-refractivity contribution in [2.24, 2.45) is 0 Å². The molecule has 1 aromatic heterocycles. The lowest BCUT2D eigenvalue weighted by molar-refractivity contribution is 0.443. The summed E-state index contributed by atoms with van der Waals surface area (Å²) in [6.45, 7) is 2.31. The first kappa shape index (κ1) is 33.2. The number of thiophene rings is 1. The van der Waals surface area contributed by atoms with Crippen LogP contribution in [-0.2, 0) is 0 Å². The van der Waals surface area contributed by atoms with Gasteiger partial charge in [-0.1, -0.05) is 123 Å². The molecule has 260 valence electrons.